The van der Waals surface area contributed by atoms with Gasteiger partial charge < -0.3 is 8.98 Å². The summed E-state index contributed by atoms with van der Waals surface area (Å²) in [5, 5.41) is 4.54. The molecule has 0 aliphatic heterocycles. The summed E-state index contributed by atoms with van der Waals surface area (Å²) in [4.78, 5) is 15.3. The van der Waals surface area contributed by atoms with Crippen LogP contribution in [0.3, 0.4) is 0 Å². The monoisotopic (exact) mass is 716 g/mol. The summed E-state index contributed by atoms with van der Waals surface area (Å²) in [6, 6.07) is 67.5. The second kappa shape index (κ2) is 13.0. The van der Waals surface area contributed by atoms with Crippen LogP contribution in [0.1, 0.15) is 0 Å². The van der Waals surface area contributed by atoms with Crippen LogP contribution in [-0.2, 0) is 0 Å². The minimum Gasteiger partial charge on any atom is -0.456 e. The molecule has 0 spiro atoms. The predicted octanol–water partition coefficient (Wildman–Crippen LogP) is 13.2. The van der Waals surface area contributed by atoms with Crippen LogP contribution in [0, 0.1) is 0 Å². The third-order valence-corrected chi connectivity index (χ3v) is 10.7. The van der Waals surface area contributed by atoms with Gasteiger partial charge in [0, 0.05) is 49.5 Å². The van der Waals surface area contributed by atoms with Crippen molar-refractivity contribution in [1.29, 1.82) is 0 Å². The van der Waals surface area contributed by atoms with Gasteiger partial charge in [0.15, 0.2) is 17.5 Å². The molecule has 0 aliphatic rings. The van der Waals surface area contributed by atoms with Crippen molar-refractivity contribution in [2.45, 2.75) is 0 Å². The highest BCUT2D eigenvalue weighted by molar-refractivity contribution is 6.15. The van der Waals surface area contributed by atoms with Gasteiger partial charge in [0.05, 0.1) is 11.0 Å². The van der Waals surface area contributed by atoms with E-state index in [0.29, 0.717) is 17.5 Å². The smallest absolute Gasteiger partial charge is 0.164 e. The van der Waals surface area contributed by atoms with Gasteiger partial charge in [-0.1, -0.05) is 158 Å². The Kier molecular flexibility index (Phi) is 7.42. The van der Waals surface area contributed by atoms with Gasteiger partial charge in [0.2, 0.25) is 0 Å². The molecule has 0 saturated carbocycles. The molecule has 3 heterocycles. The number of rotatable bonds is 6. The highest BCUT2D eigenvalue weighted by atomic mass is 16.3. The topological polar surface area (TPSA) is 56.7 Å². The summed E-state index contributed by atoms with van der Waals surface area (Å²) >= 11 is 0. The molecule has 5 nitrogen and oxygen atoms in total. The maximum absolute atomic E-state index is 6.20. The van der Waals surface area contributed by atoms with Crippen molar-refractivity contribution in [3.05, 3.63) is 194 Å². The molecule has 3 aromatic heterocycles. The number of fused-ring (bicyclic) bond motifs is 6. The van der Waals surface area contributed by atoms with Crippen molar-refractivity contribution in [2.75, 3.05) is 0 Å². The van der Waals surface area contributed by atoms with Crippen LogP contribution < -0.4 is 0 Å². The Labute approximate surface area is 322 Å². The standard InChI is InChI=1S/C51H32N4O/c1-4-13-33(14-5-1)34-23-25-36(26-24-34)50-52-49(35-15-6-2-7-16-35)53-51(54-50)38-27-29-41-43-21-12-20-40(48(43)55(45(41)32-38)39-17-8-3-9-18-39)37-28-30-47-44(31-37)42-19-10-11-22-46(42)56-47/h1-32H. The van der Waals surface area contributed by atoms with E-state index in [1.807, 2.05) is 48.5 Å². The molecule has 11 rings (SSSR count). The summed E-state index contributed by atoms with van der Waals surface area (Å²) in [6.45, 7) is 0. The van der Waals surface area contributed by atoms with Crippen LogP contribution in [0.15, 0.2) is 199 Å². The number of hydrogen-bond acceptors (Lipinski definition) is 4. The molecule has 0 atom stereocenters. The van der Waals surface area contributed by atoms with Gasteiger partial charge in [-0.3, -0.25) is 0 Å². The quantitative estimate of drug-likeness (QED) is 0.172. The number of benzene rings is 8. The number of furan rings is 1. The third kappa shape index (κ3) is 5.37. The van der Waals surface area contributed by atoms with E-state index in [-0.39, 0.29) is 0 Å². The van der Waals surface area contributed by atoms with Gasteiger partial charge in [-0.05, 0) is 53.1 Å². The Morgan fingerprint density at radius 3 is 1.62 bits per heavy atom. The zero-order valence-electron chi connectivity index (χ0n) is 30.2. The van der Waals surface area contributed by atoms with Crippen LogP contribution >= 0.6 is 0 Å². The molecule has 0 bridgehead atoms. The molecule has 0 N–H and O–H groups in total. The SMILES string of the molecule is c1ccc(-c2ccc(-c3nc(-c4ccccc4)nc(-c4ccc5c6cccc(-c7ccc8oc9ccccc9c8c7)c6n(-c6ccccc6)c5c4)n3)cc2)cc1. The number of hydrogen-bond donors (Lipinski definition) is 0. The molecule has 0 fully saturated rings. The maximum Gasteiger partial charge on any atom is 0.164 e. The van der Waals surface area contributed by atoms with E-state index in [1.165, 1.54) is 10.9 Å². The normalized spacial score (nSPS) is 11.6. The Morgan fingerprint density at radius 2 is 0.875 bits per heavy atom. The summed E-state index contributed by atoms with van der Waals surface area (Å²) < 4.78 is 8.58. The minimum atomic E-state index is 0.616. The van der Waals surface area contributed by atoms with Gasteiger partial charge >= 0.3 is 0 Å². The average molecular weight is 717 g/mol. The van der Waals surface area contributed by atoms with Gasteiger partial charge in [-0.15, -0.1) is 0 Å². The molecule has 0 saturated heterocycles. The summed E-state index contributed by atoms with van der Waals surface area (Å²) in [5.74, 6) is 1.87. The van der Waals surface area contributed by atoms with E-state index in [1.54, 1.807) is 0 Å². The van der Waals surface area contributed by atoms with Crippen molar-refractivity contribution >= 4 is 43.7 Å². The lowest BCUT2D eigenvalue weighted by Crippen LogP contribution is -2.00. The Morgan fingerprint density at radius 1 is 0.339 bits per heavy atom. The van der Waals surface area contributed by atoms with Gasteiger partial charge in [0.25, 0.3) is 0 Å². The molecule has 56 heavy (non-hydrogen) atoms. The second-order valence-electron chi connectivity index (χ2n) is 14.0. The van der Waals surface area contributed by atoms with Gasteiger partial charge in [-0.2, -0.15) is 0 Å². The largest absolute Gasteiger partial charge is 0.456 e. The van der Waals surface area contributed by atoms with Crippen LogP contribution in [0.25, 0.3) is 106 Å². The maximum atomic E-state index is 6.20. The van der Waals surface area contributed by atoms with E-state index in [4.69, 9.17) is 19.4 Å². The van der Waals surface area contributed by atoms with Crippen LogP contribution in [0.4, 0.5) is 0 Å². The Bertz CT molecular complexity index is 3220. The Balaban J connectivity index is 1.11. The van der Waals surface area contributed by atoms with E-state index < -0.39 is 0 Å². The molecule has 0 unspecified atom stereocenters. The number of aromatic nitrogens is 4. The van der Waals surface area contributed by atoms with Crippen molar-refractivity contribution in [1.82, 2.24) is 19.5 Å². The number of nitrogens with zero attached hydrogens (tertiary/aromatic N) is 4. The third-order valence-electron chi connectivity index (χ3n) is 10.7. The highest BCUT2D eigenvalue weighted by Crippen LogP contribution is 2.41. The van der Waals surface area contributed by atoms with E-state index >= 15 is 0 Å². The molecular formula is C51H32N4O. The summed E-state index contributed by atoms with van der Waals surface area (Å²) in [7, 11) is 0. The van der Waals surface area contributed by atoms with Gasteiger partial charge in [-0.25, -0.2) is 15.0 Å². The van der Waals surface area contributed by atoms with Crippen molar-refractivity contribution in [3.63, 3.8) is 0 Å². The molecule has 8 aromatic carbocycles. The van der Waals surface area contributed by atoms with E-state index in [9.17, 15) is 0 Å². The fourth-order valence-corrected chi connectivity index (χ4v) is 7.97. The summed E-state index contributed by atoms with van der Waals surface area (Å²) in [6.07, 6.45) is 0. The van der Waals surface area contributed by atoms with Crippen molar-refractivity contribution in [2.24, 2.45) is 0 Å². The minimum absolute atomic E-state index is 0.616. The van der Waals surface area contributed by atoms with E-state index in [2.05, 4.69) is 150 Å². The van der Waals surface area contributed by atoms with Crippen LogP contribution in [-0.4, -0.2) is 19.5 Å². The molecular weight excluding hydrogens is 685 g/mol. The van der Waals surface area contributed by atoms with Crippen LogP contribution in [0.5, 0.6) is 0 Å². The molecule has 0 amide bonds. The molecule has 5 heteroatoms. The lowest BCUT2D eigenvalue weighted by molar-refractivity contribution is 0.669. The molecule has 262 valence electrons. The summed E-state index contributed by atoms with van der Waals surface area (Å²) in [5.41, 5.74) is 12.4. The first-order valence-electron chi connectivity index (χ1n) is 18.8. The highest BCUT2D eigenvalue weighted by Gasteiger charge is 2.20. The molecule has 0 aliphatic carbocycles. The van der Waals surface area contributed by atoms with Crippen LogP contribution in [0.2, 0.25) is 0 Å². The first-order valence-corrected chi connectivity index (χ1v) is 18.8. The zero-order chi connectivity index (χ0) is 37.0. The first kappa shape index (κ1) is 31.9. The molecule has 11 aromatic rings. The number of para-hydroxylation sites is 3. The lowest BCUT2D eigenvalue weighted by atomic mass is 9.99. The van der Waals surface area contributed by atoms with E-state index in [0.717, 1.165) is 77.4 Å². The van der Waals surface area contributed by atoms with Crippen molar-refractivity contribution in [3.8, 4) is 62.1 Å². The van der Waals surface area contributed by atoms with Gasteiger partial charge in [0.1, 0.15) is 11.2 Å². The zero-order valence-corrected chi connectivity index (χ0v) is 30.2. The second-order valence-corrected chi connectivity index (χ2v) is 14.0. The Hall–Kier alpha value is -7.63. The van der Waals surface area contributed by atoms with Crippen molar-refractivity contribution < 1.29 is 4.42 Å². The fourth-order valence-electron chi connectivity index (χ4n) is 7.97. The fraction of sp³-hybridized carbons (Fsp3) is 0. The average Bonchev–Trinajstić information content (AvgIpc) is 3.82. The predicted molar refractivity (Wildman–Crippen MR) is 229 cm³/mol. The first-order chi connectivity index (χ1) is 27.7. The molecule has 0 radical (unpaired) electrons. The lowest BCUT2D eigenvalue weighted by Gasteiger charge is -2.12.